The van der Waals surface area contributed by atoms with Gasteiger partial charge in [0.25, 0.3) is 0 Å². The number of hydrogen-bond acceptors (Lipinski definition) is 1. The van der Waals surface area contributed by atoms with Crippen LogP contribution in [0.1, 0.15) is 39.5 Å². The van der Waals surface area contributed by atoms with E-state index in [9.17, 15) is 0 Å². The lowest BCUT2D eigenvalue weighted by Gasteiger charge is -2.16. The molecular formula is C11H22BIO. The molecule has 14 heavy (non-hydrogen) atoms. The van der Waals surface area contributed by atoms with Crippen molar-refractivity contribution in [2.45, 2.75) is 45.3 Å². The van der Waals surface area contributed by atoms with Crippen LogP contribution in [0.25, 0.3) is 0 Å². The molecule has 2 unspecified atom stereocenters. The van der Waals surface area contributed by atoms with Gasteiger partial charge < -0.3 is 4.74 Å². The first-order valence-corrected chi connectivity index (χ1v) is 7.16. The standard InChI is InChI=1S/C11H22BIO/c1-3-5-6-10(4-2)8-14-9-11(12)7-13/h10-11H,3-9H2,1-2H3. The van der Waals surface area contributed by atoms with Gasteiger partial charge in [0, 0.05) is 13.2 Å². The topological polar surface area (TPSA) is 9.23 Å². The van der Waals surface area contributed by atoms with Gasteiger partial charge in [-0.2, -0.15) is 0 Å². The fraction of sp³-hybridized carbons (Fsp3) is 1.00. The lowest BCUT2D eigenvalue weighted by Crippen LogP contribution is -2.12. The first-order valence-electron chi connectivity index (χ1n) is 5.63. The average molecular weight is 308 g/mol. The van der Waals surface area contributed by atoms with Crippen LogP contribution in [0, 0.1) is 5.92 Å². The van der Waals surface area contributed by atoms with Crippen LogP contribution >= 0.6 is 22.6 Å². The second-order valence-electron chi connectivity index (χ2n) is 3.87. The summed E-state index contributed by atoms with van der Waals surface area (Å²) in [6.45, 7) is 6.08. The highest BCUT2D eigenvalue weighted by Crippen LogP contribution is 2.14. The molecule has 0 saturated carbocycles. The molecule has 1 nitrogen and oxygen atoms in total. The smallest absolute Gasteiger partial charge is 0.0741 e. The Bertz CT molecular complexity index is 122. The van der Waals surface area contributed by atoms with Crippen LogP contribution in [0.5, 0.6) is 0 Å². The normalized spacial score (nSPS) is 15.4. The molecule has 0 aliphatic heterocycles. The zero-order valence-corrected chi connectivity index (χ0v) is 11.6. The Balaban J connectivity index is 3.42. The summed E-state index contributed by atoms with van der Waals surface area (Å²) in [6, 6.07) is 0. The number of halogens is 1. The summed E-state index contributed by atoms with van der Waals surface area (Å²) in [5, 5.41) is 0. The molecule has 2 atom stereocenters. The Kier molecular flexibility index (Phi) is 10.8. The molecule has 3 heteroatoms. The van der Waals surface area contributed by atoms with E-state index in [0.29, 0.717) is 6.61 Å². The molecule has 0 aromatic rings. The van der Waals surface area contributed by atoms with Crippen molar-refractivity contribution < 1.29 is 4.74 Å². The highest BCUT2D eigenvalue weighted by molar-refractivity contribution is 14.1. The highest BCUT2D eigenvalue weighted by atomic mass is 127. The van der Waals surface area contributed by atoms with Crippen molar-refractivity contribution in [3.05, 3.63) is 0 Å². The maximum absolute atomic E-state index is 5.77. The van der Waals surface area contributed by atoms with Crippen molar-refractivity contribution in [2.24, 2.45) is 5.92 Å². The lowest BCUT2D eigenvalue weighted by molar-refractivity contribution is 0.0957. The van der Waals surface area contributed by atoms with Crippen LogP contribution in [-0.2, 0) is 4.74 Å². The summed E-state index contributed by atoms with van der Waals surface area (Å²) in [4.78, 5) is 0. The maximum atomic E-state index is 5.77. The third kappa shape index (κ3) is 8.10. The van der Waals surface area contributed by atoms with Gasteiger partial charge in [-0.15, -0.1) is 0 Å². The SMILES string of the molecule is [B]C(CI)COCC(CC)CCCC. The van der Waals surface area contributed by atoms with Crippen LogP contribution in [0.15, 0.2) is 0 Å². The molecule has 0 aromatic heterocycles. The molecule has 0 aromatic carbocycles. The molecule has 0 saturated heterocycles. The minimum absolute atomic E-state index is 0.208. The molecule has 0 spiro atoms. The van der Waals surface area contributed by atoms with Gasteiger partial charge in [0.15, 0.2) is 0 Å². The minimum atomic E-state index is 0.208. The van der Waals surface area contributed by atoms with E-state index >= 15 is 0 Å². The van der Waals surface area contributed by atoms with Crippen molar-refractivity contribution in [1.82, 2.24) is 0 Å². The molecule has 0 amide bonds. The molecular weight excluding hydrogens is 286 g/mol. The van der Waals surface area contributed by atoms with E-state index in [2.05, 4.69) is 36.4 Å². The molecule has 0 aliphatic rings. The van der Waals surface area contributed by atoms with Gasteiger partial charge in [-0.3, -0.25) is 0 Å². The van der Waals surface area contributed by atoms with Gasteiger partial charge in [-0.25, -0.2) is 0 Å². The van der Waals surface area contributed by atoms with Crippen molar-refractivity contribution in [3.8, 4) is 0 Å². The predicted octanol–water partition coefficient (Wildman–Crippen LogP) is 3.61. The van der Waals surface area contributed by atoms with Gasteiger partial charge in [0.2, 0.25) is 0 Å². The van der Waals surface area contributed by atoms with Crippen LogP contribution in [0.2, 0.25) is 5.82 Å². The first-order chi connectivity index (χ1) is 6.74. The second kappa shape index (κ2) is 10.3. The van der Waals surface area contributed by atoms with Gasteiger partial charge in [-0.1, -0.05) is 55.7 Å². The Morgan fingerprint density at radius 2 is 2.00 bits per heavy atom. The summed E-state index contributed by atoms with van der Waals surface area (Å²) in [6.07, 6.45) is 5.12. The molecule has 0 N–H and O–H groups in total. The highest BCUT2D eigenvalue weighted by Gasteiger charge is 2.06. The van der Waals surface area contributed by atoms with E-state index in [1.807, 2.05) is 0 Å². The van der Waals surface area contributed by atoms with E-state index < -0.39 is 0 Å². The molecule has 0 bridgehead atoms. The lowest BCUT2D eigenvalue weighted by atomic mass is 9.91. The molecule has 0 rings (SSSR count). The third-order valence-corrected chi connectivity index (χ3v) is 3.56. The van der Waals surface area contributed by atoms with E-state index in [1.165, 1.54) is 25.7 Å². The monoisotopic (exact) mass is 308 g/mol. The molecule has 0 aliphatic carbocycles. The van der Waals surface area contributed by atoms with E-state index in [0.717, 1.165) is 17.0 Å². The summed E-state index contributed by atoms with van der Waals surface area (Å²) < 4.78 is 6.58. The fourth-order valence-electron chi connectivity index (χ4n) is 1.33. The zero-order chi connectivity index (χ0) is 10.8. The van der Waals surface area contributed by atoms with Crippen LogP contribution in [-0.4, -0.2) is 25.5 Å². The fourth-order valence-corrected chi connectivity index (χ4v) is 1.58. The van der Waals surface area contributed by atoms with Crippen molar-refractivity contribution in [3.63, 3.8) is 0 Å². The number of ether oxygens (including phenoxy) is 1. The molecule has 82 valence electrons. The second-order valence-corrected chi connectivity index (χ2v) is 4.75. The number of hydrogen-bond donors (Lipinski definition) is 0. The van der Waals surface area contributed by atoms with Crippen molar-refractivity contribution in [2.75, 3.05) is 17.6 Å². The van der Waals surface area contributed by atoms with E-state index in [4.69, 9.17) is 12.6 Å². The summed E-state index contributed by atoms with van der Waals surface area (Å²) >= 11 is 2.30. The minimum Gasteiger partial charge on any atom is -0.382 e. The first kappa shape index (κ1) is 14.8. The largest absolute Gasteiger partial charge is 0.382 e. The zero-order valence-electron chi connectivity index (χ0n) is 9.47. The quantitative estimate of drug-likeness (QED) is 0.359. The van der Waals surface area contributed by atoms with Crippen molar-refractivity contribution in [1.29, 1.82) is 0 Å². The van der Waals surface area contributed by atoms with Gasteiger partial charge in [0.05, 0.1) is 7.85 Å². The van der Waals surface area contributed by atoms with Gasteiger partial charge in [-0.05, 0) is 22.6 Å². The van der Waals surface area contributed by atoms with Crippen LogP contribution in [0.3, 0.4) is 0 Å². The Morgan fingerprint density at radius 1 is 1.29 bits per heavy atom. The van der Waals surface area contributed by atoms with Crippen molar-refractivity contribution >= 4 is 30.4 Å². The molecule has 2 radical (unpaired) electrons. The maximum Gasteiger partial charge on any atom is 0.0741 e. The molecule has 0 fully saturated rings. The van der Waals surface area contributed by atoms with Gasteiger partial charge >= 0.3 is 0 Å². The summed E-state index contributed by atoms with van der Waals surface area (Å²) in [5.41, 5.74) is 0. The van der Waals surface area contributed by atoms with E-state index in [1.54, 1.807) is 0 Å². The Labute approximate surface area is 104 Å². The third-order valence-electron chi connectivity index (χ3n) is 2.43. The average Bonchev–Trinajstić information content (AvgIpc) is 2.22. The van der Waals surface area contributed by atoms with Crippen LogP contribution in [0.4, 0.5) is 0 Å². The molecule has 0 heterocycles. The Hall–Kier alpha value is 0.755. The van der Waals surface area contributed by atoms with Gasteiger partial charge in [0.1, 0.15) is 0 Å². The number of unbranched alkanes of at least 4 members (excludes halogenated alkanes) is 1. The van der Waals surface area contributed by atoms with E-state index in [-0.39, 0.29) is 5.82 Å². The predicted molar refractivity (Wildman–Crippen MR) is 72.5 cm³/mol. The Morgan fingerprint density at radius 3 is 2.50 bits per heavy atom. The number of alkyl halides is 1. The summed E-state index contributed by atoms with van der Waals surface area (Å²) in [5.74, 6) is 0.940. The number of rotatable bonds is 9. The van der Waals surface area contributed by atoms with Crippen LogP contribution < -0.4 is 0 Å². The summed E-state index contributed by atoms with van der Waals surface area (Å²) in [7, 11) is 5.77.